The lowest BCUT2D eigenvalue weighted by Crippen LogP contribution is -2.26. The number of aromatic amines is 1. The number of nitrogens with one attached hydrogen (secondary N) is 2. The van der Waals surface area contributed by atoms with Crippen LogP contribution in [0.4, 0.5) is 0 Å². The number of methoxy groups -OCH3 is 1. The molecule has 0 atom stereocenters. The zero-order valence-corrected chi connectivity index (χ0v) is 15.1. The Labute approximate surface area is 152 Å². The minimum Gasteiger partial charge on any atom is -0.496 e. The number of fused-ring (bicyclic) bond motifs is 1. The summed E-state index contributed by atoms with van der Waals surface area (Å²) in [5.74, 6) is 0.312. The molecule has 1 amide bonds. The first-order valence-electron chi connectivity index (χ1n) is 8.33. The molecular weight excluding hydrogens is 336 g/mol. The third-order valence-electron chi connectivity index (χ3n) is 4.36. The maximum absolute atomic E-state index is 12.4. The fraction of sp³-hybridized carbons (Fsp3) is 0.250. The molecule has 0 unspecified atom stereocenters. The Morgan fingerprint density at radius 3 is 2.84 bits per heavy atom. The second-order valence-corrected chi connectivity index (χ2v) is 6.29. The van der Waals surface area contributed by atoms with Crippen molar-refractivity contribution in [3.05, 3.63) is 64.3 Å². The Morgan fingerprint density at radius 1 is 1.24 bits per heavy atom. The average molecular weight is 357 g/mol. The Morgan fingerprint density at radius 2 is 2.08 bits per heavy atom. The van der Waals surface area contributed by atoms with Crippen LogP contribution in [0.5, 0.6) is 5.75 Å². The number of hydrogen-bond acceptors (Lipinski definition) is 2. The maximum atomic E-state index is 12.4. The molecule has 3 rings (SSSR count). The molecule has 2 aromatic carbocycles. The highest BCUT2D eigenvalue weighted by atomic mass is 35.5. The summed E-state index contributed by atoms with van der Waals surface area (Å²) in [4.78, 5) is 15.7. The van der Waals surface area contributed by atoms with Crippen LogP contribution in [0.15, 0.2) is 42.6 Å². The molecule has 1 aromatic heterocycles. The van der Waals surface area contributed by atoms with Gasteiger partial charge < -0.3 is 15.0 Å². The number of rotatable bonds is 6. The SMILES string of the molecule is CCc1cccc2c(CCNC(=O)c3ccc(Cl)cc3OC)c[nH]c12. The predicted octanol–water partition coefficient (Wildman–Crippen LogP) is 4.36. The van der Waals surface area contributed by atoms with Crippen LogP contribution in [0.2, 0.25) is 5.02 Å². The highest BCUT2D eigenvalue weighted by Crippen LogP contribution is 2.24. The van der Waals surface area contributed by atoms with Gasteiger partial charge in [-0.05, 0) is 42.2 Å². The van der Waals surface area contributed by atoms with Crippen molar-refractivity contribution in [2.24, 2.45) is 0 Å². The van der Waals surface area contributed by atoms with E-state index in [9.17, 15) is 4.79 Å². The summed E-state index contributed by atoms with van der Waals surface area (Å²) < 4.78 is 5.23. The van der Waals surface area contributed by atoms with Gasteiger partial charge in [0.25, 0.3) is 5.91 Å². The molecule has 3 aromatic rings. The second-order valence-electron chi connectivity index (χ2n) is 5.86. The van der Waals surface area contributed by atoms with E-state index in [1.807, 2.05) is 6.20 Å². The largest absolute Gasteiger partial charge is 0.496 e. The van der Waals surface area contributed by atoms with Gasteiger partial charge in [-0.25, -0.2) is 0 Å². The number of H-pyrrole nitrogens is 1. The first-order chi connectivity index (χ1) is 12.1. The molecule has 0 aliphatic rings. The molecule has 0 radical (unpaired) electrons. The first kappa shape index (κ1) is 17.4. The fourth-order valence-corrected chi connectivity index (χ4v) is 3.20. The quantitative estimate of drug-likeness (QED) is 0.689. The van der Waals surface area contributed by atoms with Crippen LogP contribution in [0.3, 0.4) is 0 Å². The van der Waals surface area contributed by atoms with Gasteiger partial charge in [0.05, 0.1) is 12.7 Å². The number of aromatic nitrogens is 1. The standard InChI is InChI=1S/C20H21ClN2O2/c1-3-13-5-4-6-16-14(12-23-19(13)16)9-10-22-20(24)17-8-7-15(21)11-18(17)25-2/h4-8,11-12,23H,3,9-10H2,1-2H3,(H,22,24). The minimum absolute atomic E-state index is 0.164. The maximum Gasteiger partial charge on any atom is 0.255 e. The highest BCUT2D eigenvalue weighted by molar-refractivity contribution is 6.30. The number of para-hydroxylation sites is 1. The lowest BCUT2D eigenvalue weighted by Gasteiger charge is -2.09. The molecule has 5 heteroatoms. The van der Waals surface area contributed by atoms with Crippen molar-refractivity contribution in [3.63, 3.8) is 0 Å². The Bertz CT molecular complexity index is 902. The molecule has 0 aliphatic heterocycles. The number of carbonyl (C=O) groups excluding carboxylic acids is 1. The number of hydrogen-bond donors (Lipinski definition) is 2. The Kier molecular flexibility index (Phi) is 5.29. The van der Waals surface area contributed by atoms with Crippen LogP contribution in [0, 0.1) is 0 Å². The number of halogens is 1. The Hall–Kier alpha value is -2.46. The molecule has 0 fully saturated rings. The van der Waals surface area contributed by atoms with E-state index in [1.165, 1.54) is 29.1 Å². The summed E-state index contributed by atoms with van der Waals surface area (Å²) in [7, 11) is 1.53. The van der Waals surface area contributed by atoms with E-state index in [0.717, 1.165) is 12.8 Å². The van der Waals surface area contributed by atoms with Gasteiger partial charge in [0.1, 0.15) is 5.75 Å². The summed E-state index contributed by atoms with van der Waals surface area (Å²) in [5, 5.41) is 4.71. The minimum atomic E-state index is -0.164. The molecule has 130 valence electrons. The number of amides is 1. The van der Waals surface area contributed by atoms with Crippen LogP contribution in [-0.4, -0.2) is 24.5 Å². The predicted molar refractivity (Wildman–Crippen MR) is 102 cm³/mol. The van der Waals surface area contributed by atoms with Gasteiger partial charge in [-0.2, -0.15) is 0 Å². The van der Waals surface area contributed by atoms with Crippen LogP contribution in [-0.2, 0) is 12.8 Å². The van der Waals surface area contributed by atoms with Gasteiger partial charge in [0, 0.05) is 28.7 Å². The molecule has 25 heavy (non-hydrogen) atoms. The van der Waals surface area contributed by atoms with E-state index < -0.39 is 0 Å². The number of aryl methyl sites for hydroxylation is 1. The van der Waals surface area contributed by atoms with Crippen molar-refractivity contribution >= 4 is 28.4 Å². The van der Waals surface area contributed by atoms with Crippen molar-refractivity contribution in [1.82, 2.24) is 10.3 Å². The number of carbonyl (C=O) groups is 1. The van der Waals surface area contributed by atoms with Crippen molar-refractivity contribution in [2.75, 3.05) is 13.7 Å². The fourth-order valence-electron chi connectivity index (χ4n) is 3.04. The van der Waals surface area contributed by atoms with Crippen LogP contribution in [0.25, 0.3) is 10.9 Å². The van der Waals surface area contributed by atoms with Gasteiger partial charge >= 0.3 is 0 Å². The highest BCUT2D eigenvalue weighted by Gasteiger charge is 2.13. The molecule has 1 heterocycles. The Balaban J connectivity index is 1.68. The summed E-state index contributed by atoms with van der Waals surface area (Å²) in [6.07, 6.45) is 3.78. The molecule has 0 saturated heterocycles. The third kappa shape index (κ3) is 3.64. The van der Waals surface area contributed by atoms with Crippen LogP contribution >= 0.6 is 11.6 Å². The summed E-state index contributed by atoms with van der Waals surface area (Å²) in [6.45, 7) is 2.70. The smallest absolute Gasteiger partial charge is 0.255 e. The number of ether oxygens (including phenoxy) is 1. The lowest BCUT2D eigenvalue weighted by atomic mass is 10.1. The molecule has 0 saturated carbocycles. The number of benzene rings is 2. The van der Waals surface area contributed by atoms with E-state index in [4.69, 9.17) is 16.3 Å². The zero-order valence-electron chi connectivity index (χ0n) is 14.4. The van der Waals surface area contributed by atoms with Crippen LogP contribution in [0.1, 0.15) is 28.4 Å². The van der Waals surface area contributed by atoms with E-state index >= 15 is 0 Å². The summed E-state index contributed by atoms with van der Waals surface area (Å²) in [6, 6.07) is 11.3. The molecule has 0 bridgehead atoms. The summed E-state index contributed by atoms with van der Waals surface area (Å²) in [5.41, 5.74) is 4.18. The van der Waals surface area contributed by atoms with E-state index in [2.05, 4.69) is 35.4 Å². The normalized spacial score (nSPS) is 10.8. The van der Waals surface area contributed by atoms with Crippen molar-refractivity contribution in [2.45, 2.75) is 19.8 Å². The average Bonchev–Trinajstić information content (AvgIpc) is 3.04. The molecule has 0 aliphatic carbocycles. The summed E-state index contributed by atoms with van der Waals surface area (Å²) >= 11 is 5.94. The molecule has 2 N–H and O–H groups in total. The van der Waals surface area contributed by atoms with Crippen molar-refractivity contribution < 1.29 is 9.53 Å². The van der Waals surface area contributed by atoms with Gasteiger partial charge in [-0.1, -0.05) is 36.7 Å². The van der Waals surface area contributed by atoms with E-state index in [-0.39, 0.29) is 5.91 Å². The molecule has 0 spiro atoms. The lowest BCUT2D eigenvalue weighted by molar-refractivity contribution is 0.0951. The van der Waals surface area contributed by atoms with Crippen molar-refractivity contribution in [3.8, 4) is 5.75 Å². The van der Waals surface area contributed by atoms with Gasteiger partial charge in [0.15, 0.2) is 0 Å². The van der Waals surface area contributed by atoms with Gasteiger partial charge in [0.2, 0.25) is 0 Å². The van der Waals surface area contributed by atoms with Gasteiger partial charge in [-0.15, -0.1) is 0 Å². The van der Waals surface area contributed by atoms with Crippen molar-refractivity contribution in [1.29, 1.82) is 0 Å². The van der Waals surface area contributed by atoms with E-state index in [0.29, 0.717) is 22.9 Å². The van der Waals surface area contributed by atoms with E-state index in [1.54, 1.807) is 18.2 Å². The van der Waals surface area contributed by atoms with Crippen LogP contribution < -0.4 is 10.1 Å². The first-order valence-corrected chi connectivity index (χ1v) is 8.71. The monoisotopic (exact) mass is 356 g/mol. The van der Waals surface area contributed by atoms with Gasteiger partial charge in [-0.3, -0.25) is 4.79 Å². The topological polar surface area (TPSA) is 54.1 Å². The molecular formula is C20H21ClN2O2. The molecule has 4 nitrogen and oxygen atoms in total. The second kappa shape index (κ2) is 7.62. The third-order valence-corrected chi connectivity index (χ3v) is 4.59. The zero-order chi connectivity index (χ0) is 17.8.